The van der Waals surface area contributed by atoms with Gasteiger partial charge >= 0.3 is 0 Å². The predicted molar refractivity (Wildman–Crippen MR) is 59.9 cm³/mol. The summed E-state index contributed by atoms with van der Waals surface area (Å²) in [5.41, 5.74) is 0.751. The maximum absolute atomic E-state index is 11.5. The highest BCUT2D eigenvalue weighted by atomic mass is 32.2. The molecule has 0 radical (unpaired) electrons. The van der Waals surface area contributed by atoms with E-state index in [0.717, 1.165) is 5.56 Å². The van der Waals surface area contributed by atoms with Gasteiger partial charge in [-0.25, -0.2) is 0 Å². The van der Waals surface area contributed by atoms with Gasteiger partial charge in [-0.15, -0.1) is 0 Å². The second kappa shape index (κ2) is 5.28. The van der Waals surface area contributed by atoms with Gasteiger partial charge in [0.25, 0.3) is 10.1 Å². The van der Waals surface area contributed by atoms with Gasteiger partial charge in [0.1, 0.15) is 5.75 Å². The van der Waals surface area contributed by atoms with Crippen molar-refractivity contribution in [2.24, 2.45) is 0 Å². The van der Waals surface area contributed by atoms with Crippen LogP contribution in [0.2, 0.25) is 0 Å². The van der Waals surface area contributed by atoms with Crippen LogP contribution in [0, 0.1) is 0 Å². The van der Waals surface area contributed by atoms with Crippen molar-refractivity contribution in [2.45, 2.75) is 32.1 Å². The van der Waals surface area contributed by atoms with Crippen LogP contribution >= 0.6 is 0 Å². The molecule has 0 fully saturated rings. The van der Waals surface area contributed by atoms with E-state index in [9.17, 15) is 8.42 Å². The van der Waals surface area contributed by atoms with Crippen molar-refractivity contribution >= 4 is 10.1 Å². The van der Waals surface area contributed by atoms with E-state index in [1.165, 1.54) is 0 Å². The zero-order chi connectivity index (χ0) is 11.3. The first-order valence-electron chi connectivity index (χ1n) is 4.98. The largest absolute Gasteiger partial charge is 0.271 e. The zero-order valence-corrected chi connectivity index (χ0v) is 9.83. The first kappa shape index (κ1) is 12.2. The van der Waals surface area contributed by atoms with E-state index in [0.29, 0.717) is 6.42 Å². The van der Waals surface area contributed by atoms with Crippen molar-refractivity contribution in [3.8, 4) is 0 Å². The lowest BCUT2D eigenvalue weighted by Gasteiger charge is -2.10. The maximum Gasteiger partial charge on any atom is 0.271 e. The maximum atomic E-state index is 11.5. The average molecular weight is 228 g/mol. The van der Waals surface area contributed by atoms with E-state index >= 15 is 0 Å². The Balaban J connectivity index is 2.65. The summed E-state index contributed by atoms with van der Waals surface area (Å²) in [6.07, 6.45) is 0.437. The lowest BCUT2D eigenvalue weighted by molar-refractivity contribution is 0.224. The summed E-state index contributed by atoms with van der Waals surface area (Å²) in [4.78, 5) is 0. The highest BCUT2D eigenvalue weighted by molar-refractivity contribution is 7.85. The number of benzene rings is 1. The summed E-state index contributed by atoms with van der Waals surface area (Å²) < 4.78 is 28.1. The van der Waals surface area contributed by atoms with E-state index in [1.54, 1.807) is 19.1 Å². The van der Waals surface area contributed by atoms with E-state index in [-0.39, 0.29) is 11.9 Å². The fraction of sp³-hybridized carbons (Fsp3) is 0.455. The molecular formula is C11H16O3S. The molecule has 0 spiro atoms. The summed E-state index contributed by atoms with van der Waals surface area (Å²) >= 11 is 0. The van der Waals surface area contributed by atoms with E-state index in [4.69, 9.17) is 4.18 Å². The van der Waals surface area contributed by atoms with Crippen molar-refractivity contribution < 1.29 is 12.6 Å². The third kappa shape index (κ3) is 4.44. The molecule has 0 saturated heterocycles. The quantitative estimate of drug-likeness (QED) is 0.726. The topological polar surface area (TPSA) is 43.4 Å². The number of hydrogen-bond donors (Lipinski definition) is 0. The Hall–Kier alpha value is -0.870. The minimum Gasteiger partial charge on any atom is -0.267 e. The molecule has 1 rings (SSSR count). The van der Waals surface area contributed by atoms with Crippen molar-refractivity contribution in [1.29, 1.82) is 0 Å². The molecule has 15 heavy (non-hydrogen) atoms. The van der Waals surface area contributed by atoms with Crippen LogP contribution in [0.25, 0.3) is 0 Å². The average Bonchev–Trinajstić information content (AvgIpc) is 2.17. The molecule has 0 aliphatic heterocycles. The van der Waals surface area contributed by atoms with Crippen LogP contribution in [0.5, 0.6) is 0 Å². The molecule has 84 valence electrons. The summed E-state index contributed by atoms with van der Waals surface area (Å²) in [7, 11) is -3.45. The van der Waals surface area contributed by atoms with Crippen LogP contribution in [-0.2, 0) is 20.1 Å². The zero-order valence-electron chi connectivity index (χ0n) is 9.01. The van der Waals surface area contributed by atoms with E-state index < -0.39 is 10.1 Å². The third-order valence-corrected chi connectivity index (χ3v) is 3.38. The molecule has 0 aliphatic rings. The van der Waals surface area contributed by atoms with Crippen LogP contribution in [0.1, 0.15) is 25.8 Å². The monoisotopic (exact) mass is 228 g/mol. The van der Waals surface area contributed by atoms with Gasteiger partial charge in [-0.3, -0.25) is 4.18 Å². The molecule has 1 unspecified atom stereocenters. The lowest BCUT2D eigenvalue weighted by Crippen LogP contribution is -2.16. The minimum absolute atomic E-state index is 0.0574. The fourth-order valence-electron chi connectivity index (χ4n) is 1.13. The van der Waals surface area contributed by atoms with Crippen molar-refractivity contribution in [1.82, 2.24) is 0 Å². The van der Waals surface area contributed by atoms with Gasteiger partial charge in [-0.05, 0) is 18.9 Å². The highest BCUT2D eigenvalue weighted by Gasteiger charge is 2.15. The van der Waals surface area contributed by atoms with Crippen molar-refractivity contribution in [3.05, 3.63) is 35.9 Å². The first-order valence-corrected chi connectivity index (χ1v) is 6.56. The van der Waals surface area contributed by atoms with Crippen LogP contribution in [0.3, 0.4) is 0 Å². The predicted octanol–water partition coefficient (Wildman–Crippen LogP) is 2.33. The molecule has 0 saturated carbocycles. The van der Waals surface area contributed by atoms with Crippen molar-refractivity contribution in [2.75, 3.05) is 0 Å². The highest BCUT2D eigenvalue weighted by Crippen LogP contribution is 2.10. The smallest absolute Gasteiger partial charge is 0.267 e. The molecule has 1 aromatic carbocycles. The number of rotatable bonds is 5. The summed E-state index contributed by atoms with van der Waals surface area (Å²) in [6.45, 7) is 3.64. The van der Waals surface area contributed by atoms with Gasteiger partial charge in [0.2, 0.25) is 0 Å². The summed E-state index contributed by atoms with van der Waals surface area (Å²) in [5.74, 6) is -0.0574. The minimum atomic E-state index is -3.45. The van der Waals surface area contributed by atoms with Gasteiger partial charge in [0, 0.05) is 0 Å². The van der Waals surface area contributed by atoms with Crippen molar-refractivity contribution in [3.63, 3.8) is 0 Å². The summed E-state index contributed by atoms with van der Waals surface area (Å²) in [5, 5.41) is 0. The van der Waals surface area contributed by atoms with Crippen LogP contribution in [0.4, 0.5) is 0 Å². The van der Waals surface area contributed by atoms with Gasteiger partial charge in [0.05, 0.1) is 6.10 Å². The fourth-order valence-corrected chi connectivity index (χ4v) is 2.44. The summed E-state index contributed by atoms with van der Waals surface area (Å²) in [6, 6.07) is 9.03. The molecule has 0 heterocycles. The number of hydrogen-bond acceptors (Lipinski definition) is 3. The molecular weight excluding hydrogens is 212 g/mol. The molecule has 0 bridgehead atoms. The molecule has 0 N–H and O–H groups in total. The molecule has 0 amide bonds. The second-order valence-corrected chi connectivity index (χ2v) is 5.10. The van der Waals surface area contributed by atoms with Gasteiger partial charge in [-0.2, -0.15) is 8.42 Å². The molecule has 3 nitrogen and oxygen atoms in total. The Kier molecular flexibility index (Phi) is 4.29. The molecule has 0 aromatic heterocycles. The van der Waals surface area contributed by atoms with Gasteiger partial charge < -0.3 is 0 Å². The third-order valence-electron chi connectivity index (χ3n) is 2.07. The molecule has 1 atom stereocenters. The Morgan fingerprint density at radius 2 is 1.87 bits per heavy atom. The Labute approximate surface area is 91.2 Å². The lowest BCUT2D eigenvalue weighted by atomic mass is 10.2. The Morgan fingerprint density at radius 3 is 2.40 bits per heavy atom. The van der Waals surface area contributed by atoms with Crippen LogP contribution in [0.15, 0.2) is 30.3 Å². The first-order chi connectivity index (χ1) is 7.03. The second-order valence-electron chi connectivity index (χ2n) is 3.50. The molecule has 4 heteroatoms. The van der Waals surface area contributed by atoms with E-state index in [1.807, 2.05) is 25.1 Å². The SMILES string of the molecule is CCC(C)OS(=O)(=O)Cc1ccccc1. The Morgan fingerprint density at radius 1 is 1.27 bits per heavy atom. The standard InChI is InChI=1S/C11H16O3S/c1-3-10(2)14-15(12,13)9-11-7-5-4-6-8-11/h4-8,10H,3,9H2,1-2H3. The van der Waals surface area contributed by atoms with Gasteiger partial charge in [0.15, 0.2) is 0 Å². The van der Waals surface area contributed by atoms with E-state index in [2.05, 4.69) is 0 Å². The normalized spacial score (nSPS) is 13.7. The Bertz CT molecular complexity index is 384. The molecule has 1 aromatic rings. The molecule has 0 aliphatic carbocycles. The van der Waals surface area contributed by atoms with Gasteiger partial charge in [-0.1, -0.05) is 37.3 Å². The van der Waals surface area contributed by atoms with Crippen LogP contribution < -0.4 is 0 Å². The van der Waals surface area contributed by atoms with Crippen LogP contribution in [-0.4, -0.2) is 14.5 Å².